The van der Waals surface area contributed by atoms with Gasteiger partial charge in [-0.05, 0) is 25.0 Å². The Kier molecular flexibility index (Phi) is 5.71. The topological polar surface area (TPSA) is 81.4 Å². The van der Waals surface area contributed by atoms with Crippen LogP contribution in [0, 0.1) is 0 Å². The molecule has 0 heterocycles. The quantitative estimate of drug-likeness (QED) is 0.742. The fourth-order valence-electron chi connectivity index (χ4n) is 1.44. The lowest BCUT2D eigenvalue weighted by Gasteiger charge is -2.16. The molecule has 106 valence electrons. The normalized spacial score (nSPS) is 12.9. The van der Waals surface area contributed by atoms with Gasteiger partial charge in [0, 0.05) is 7.11 Å². The van der Waals surface area contributed by atoms with E-state index in [0.717, 1.165) is 5.56 Å². The smallest absolute Gasteiger partial charge is 0.241 e. The summed E-state index contributed by atoms with van der Waals surface area (Å²) >= 11 is 4.72. The molecule has 1 aromatic carbocycles. The molecule has 3 N–H and O–H groups in total. The first-order valence-electron chi connectivity index (χ1n) is 5.76. The molecule has 0 saturated heterocycles. The van der Waals surface area contributed by atoms with Crippen LogP contribution in [0.4, 0.5) is 5.69 Å². The lowest BCUT2D eigenvalue weighted by atomic mass is 10.1. The van der Waals surface area contributed by atoms with Gasteiger partial charge < -0.3 is 10.5 Å². The zero-order chi connectivity index (χ0) is 14.5. The molecule has 0 aromatic heterocycles. The number of hydrogen-bond acceptors (Lipinski definition) is 4. The molecule has 1 unspecified atom stereocenters. The van der Waals surface area contributed by atoms with E-state index >= 15 is 0 Å². The van der Waals surface area contributed by atoms with Crippen molar-refractivity contribution in [3.05, 3.63) is 29.8 Å². The number of benzene rings is 1. The van der Waals surface area contributed by atoms with Crippen molar-refractivity contribution in [1.29, 1.82) is 0 Å². The maximum Gasteiger partial charge on any atom is 0.241 e. The van der Waals surface area contributed by atoms with Gasteiger partial charge in [0.15, 0.2) is 0 Å². The number of nitrogens with one attached hydrogen (secondary N) is 1. The number of methoxy groups -OCH3 is 1. The minimum absolute atomic E-state index is 0.0538. The van der Waals surface area contributed by atoms with Crippen LogP contribution in [-0.4, -0.2) is 32.4 Å². The first-order valence-corrected chi connectivity index (χ1v) is 7.71. The van der Waals surface area contributed by atoms with Crippen LogP contribution in [-0.2, 0) is 21.2 Å². The first-order chi connectivity index (χ1) is 8.88. The zero-order valence-electron chi connectivity index (χ0n) is 10.9. The van der Waals surface area contributed by atoms with E-state index in [1.54, 1.807) is 19.2 Å². The number of sulfonamides is 1. The maximum absolute atomic E-state index is 12.1. The Balaban J connectivity index is 2.96. The van der Waals surface area contributed by atoms with E-state index < -0.39 is 15.3 Å². The first kappa shape index (κ1) is 15.9. The van der Waals surface area contributed by atoms with Crippen molar-refractivity contribution in [3.63, 3.8) is 0 Å². The largest absolute Gasteiger partial charge is 0.392 e. The average Bonchev–Trinajstić information content (AvgIpc) is 2.36. The molecule has 1 atom stereocenters. The van der Waals surface area contributed by atoms with Gasteiger partial charge in [-0.15, -0.1) is 0 Å². The van der Waals surface area contributed by atoms with Gasteiger partial charge in [0.05, 0.1) is 17.3 Å². The molecule has 0 amide bonds. The third-order valence-corrected chi connectivity index (χ3v) is 4.90. The van der Waals surface area contributed by atoms with E-state index in [1.807, 2.05) is 12.1 Å². The molecule has 1 rings (SSSR count). The Morgan fingerprint density at radius 3 is 2.68 bits per heavy atom. The predicted octanol–water partition coefficient (Wildman–Crippen LogP) is 1.29. The molecule has 0 radical (unpaired) electrons. The van der Waals surface area contributed by atoms with Crippen LogP contribution in [0.5, 0.6) is 0 Å². The lowest BCUT2D eigenvalue weighted by Crippen LogP contribution is -2.35. The van der Waals surface area contributed by atoms with Crippen molar-refractivity contribution in [2.45, 2.75) is 18.6 Å². The van der Waals surface area contributed by atoms with Gasteiger partial charge >= 0.3 is 0 Å². The molecule has 19 heavy (non-hydrogen) atoms. The monoisotopic (exact) mass is 302 g/mol. The summed E-state index contributed by atoms with van der Waals surface area (Å²) in [7, 11) is -2.02. The van der Waals surface area contributed by atoms with E-state index in [4.69, 9.17) is 22.7 Å². The molecule has 0 aliphatic heterocycles. The van der Waals surface area contributed by atoms with Crippen LogP contribution in [0.2, 0.25) is 0 Å². The van der Waals surface area contributed by atoms with E-state index in [9.17, 15) is 8.42 Å². The van der Waals surface area contributed by atoms with Gasteiger partial charge in [-0.25, -0.2) is 8.42 Å². The minimum Gasteiger partial charge on any atom is -0.392 e. The lowest BCUT2D eigenvalue weighted by molar-refractivity contribution is 0.202. The second kappa shape index (κ2) is 6.83. The van der Waals surface area contributed by atoms with Crippen LogP contribution in [0.15, 0.2) is 24.3 Å². The molecule has 0 spiro atoms. The van der Waals surface area contributed by atoms with Crippen LogP contribution in [0.3, 0.4) is 0 Å². The molecule has 0 bridgehead atoms. The second-order valence-electron chi connectivity index (χ2n) is 4.09. The summed E-state index contributed by atoms with van der Waals surface area (Å²) in [6.45, 7) is 1.98. The Bertz CT molecular complexity index is 544. The van der Waals surface area contributed by atoms with Crippen molar-refractivity contribution >= 4 is 32.9 Å². The van der Waals surface area contributed by atoms with E-state index in [-0.39, 0.29) is 4.99 Å². The van der Waals surface area contributed by atoms with E-state index in [1.165, 1.54) is 6.92 Å². The maximum atomic E-state index is 12.1. The second-order valence-corrected chi connectivity index (χ2v) is 6.56. The van der Waals surface area contributed by atoms with Crippen LogP contribution in [0.25, 0.3) is 0 Å². The third kappa shape index (κ3) is 4.45. The highest BCUT2D eigenvalue weighted by molar-refractivity contribution is 7.95. The highest BCUT2D eigenvalue weighted by Crippen LogP contribution is 2.18. The third-order valence-electron chi connectivity index (χ3n) is 2.71. The molecule has 0 aliphatic carbocycles. The van der Waals surface area contributed by atoms with Crippen molar-refractivity contribution in [1.82, 2.24) is 0 Å². The fraction of sp³-hybridized carbons (Fsp3) is 0.417. The molecular weight excluding hydrogens is 284 g/mol. The Morgan fingerprint density at radius 2 is 2.11 bits per heavy atom. The number of para-hydroxylation sites is 1. The Morgan fingerprint density at radius 1 is 1.47 bits per heavy atom. The highest BCUT2D eigenvalue weighted by Gasteiger charge is 2.23. The minimum atomic E-state index is -3.62. The van der Waals surface area contributed by atoms with Crippen LogP contribution in [0.1, 0.15) is 12.5 Å². The Hall–Kier alpha value is -1.18. The molecular formula is C12H18N2O3S2. The standard InChI is InChI=1S/C12H18N2O3S2/c1-9(12(13)18)19(15,16)14-11-6-4-3-5-10(11)7-8-17-2/h3-6,9,14H,7-8H2,1-2H3,(H2,13,18). The van der Waals surface area contributed by atoms with E-state index in [2.05, 4.69) is 4.72 Å². The number of hydrogen-bond donors (Lipinski definition) is 2. The van der Waals surface area contributed by atoms with Crippen molar-refractivity contribution in [2.24, 2.45) is 5.73 Å². The Labute approximate surface area is 119 Å². The van der Waals surface area contributed by atoms with Crippen molar-refractivity contribution < 1.29 is 13.2 Å². The van der Waals surface area contributed by atoms with E-state index in [0.29, 0.717) is 18.7 Å². The van der Waals surface area contributed by atoms with Gasteiger partial charge in [0.1, 0.15) is 5.25 Å². The van der Waals surface area contributed by atoms with Crippen LogP contribution < -0.4 is 10.5 Å². The summed E-state index contributed by atoms with van der Waals surface area (Å²) in [5, 5.41) is -0.919. The molecule has 0 aliphatic rings. The number of ether oxygens (including phenoxy) is 1. The highest BCUT2D eigenvalue weighted by atomic mass is 32.2. The predicted molar refractivity (Wildman–Crippen MR) is 80.8 cm³/mol. The summed E-state index contributed by atoms with van der Waals surface area (Å²) in [5.41, 5.74) is 6.78. The summed E-state index contributed by atoms with van der Waals surface area (Å²) in [4.78, 5) is -0.0538. The molecule has 5 nitrogen and oxygen atoms in total. The SMILES string of the molecule is COCCc1ccccc1NS(=O)(=O)C(C)C(N)=S. The van der Waals surface area contributed by atoms with Gasteiger partial charge in [-0.2, -0.15) is 0 Å². The summed E-state index contributed by atoms with van der Waals surface area (Å²) < 4.78 is 31.6. The number of thiocarbonyl (C=S) groups is 1. The number of nitrogens with two attached hydrogens (primary N) is 1. The molecule has 0 saturated carbocycles. The van der Waals surface area contributed by atoms with Gasteiger partial charge in [0.2, 0.25) is 10.0 Å². The van der Waals surface area contributed by atoms with Crippen molar-refractivity contribution in [3.8, 4) is 0 Å². The van der Waals surface area contributed by atoms with Gasteiger partial charge in [-0.1, -0.05) is 30.4 Å². The summed E-state index contributed by atoms with van der Waals surface area (Å²) in [6, 6.07) is 7.16. The average molecular weight is 302 g/mol. The molecule has 0 fully saturated rings. The molecule has 7 heteroatoms. The summed E-state index contributed by atoms with van der Waals surface area (Å²) in [6.07, 6.45) is 0.622. The number of anilines is 1. The zero-order valence-corrected chi connectivity index (χ0v) is 12.6. The van der Waals surface area contributed by atoms with Crippen LogP contribution >= 0.6 is 12.2 Å². The molecule has 1 aromatic rings. The summed E-state index contributed by atoms with van der Waals surface area (Å²) in [5.74, 6) is 0. The fourth-order valence-corrected chi connectivity index (χ4v) is 2.81. The number of rotatable bonds is 7. The van der Waals surface area contributed by atoms with Gasteiger partial charge in [-0.3, -0.25) is 4.72 Å². The van der Waals surface area contributed by atoms with Crippen molar-refractivity contribution in [2.75, 3.05) is 18.4 Å². The van der Waals surface area contributed by atoms with Gasteiger partial charge in [0.25, 0.3) is 0 Å².